The number of nitrogens with zero attached hydrogens (tertiary/aromatic N) is 1. The van der Waals surface area contributed by atoms with Crippen LogP contribution in [-0.4, -0.2) is 47.8 Å². The molecule has 0 aromatic rings. The van der Waals surface area contributed by atoms with Gasteiger partial charge in [-0.15, -0.1) is 0 Å². The summed E-state index contributed by atoms with van der Waals surface area (Å²) in [6.45, 7) is 10.4. The van der Waals surface area contributed by atoms with Crippen molar-refractivity contribution in [3.8, 4) is 0 Å². The Labute approximate surface area is 100 Å². The van der Waals surface area contributed by atoms with E-state index in [0.29, 0.717) is 6.04 Å². The summed E-state index contributed by atoms with van der Waals surface area (Å²) in [5.41, 5.74) is -0.478. The summed E-state index contributed by atoms with van der Waals surface area (Å²) in [6, 6.07) is 0.622. The van der Waals surface area contributed by atoms with Crippen LogP contribution < -0.4 is 5.32 Å². The quantitative estimate of drug-likeness (QED) is 0.725. The minimum Gasteiger partial charge on any atom is -0.389 e. The first-order valence-electron chi connectivity index (χ1n) is 6.81. The molecule has 1 atom stereocenters. The Bertz CT molecular complexity index is 190. The SMILES string of the molecule is CCNC1CCCN(CC(O)(CC)CC)C1. The maximum absolute atomic E-state index is 10.3. The molecule has 0 saturated carbocycles. The zero-order valence-electron chi connectivity index (χ0n) is 11.1. The van der Waals surface area contributed by atoms with E-state index in [0.717, 1.165) is 39.0 Å². The van der Waals surface area contributed by atoms with Crippen LogP contribution in [0.3, 0.4) is 0 Å². The first kappa shape index (κ1) is 13.9. The van der Waals surface area contributed by atoms with Gasteiger partial charge < -0.3 is 10.4 Å². The Hall–Kier alpha value is -0.120. The summed E-state index contributed by atoms with van der Waals surface area (Å²) in [6.07, 6.45) is 4.24. The predicted octanol–water partition coefficient (Wildman–Crippen LogP) is 1.61. The van der Waals surface area contributed by atoms with Crippen molar-refractivity contribution in [2.45, 2.75) is 58.1 Å². The van der Waals surface area contributed by atoms with E-state index in [4.69, 9.17) is 0 Å². The van der Waals surface area contributed by atoms with Crippen molar-refractivity contribution in [3.05, 3.63) is 0 Å². The van der Waals surface area contributed by atoms with Crippen LogP contribution in [0.4, 0.5) is 0 Å². The van der Waals surface area contributed by atoms with Crippen molar-refractivity contribution < 1.29 is 5.11 Å². The number of β-amino-alcohol motifs (C(OH)–C–C–N with tert-alkyl or cyclic N) is 1. The first-order valence-corrected chi connectivity index (χ1v) is 6.81. The molecule has 16 heavy (non-hydrogen) atoms. The van der Waals surface area contributed by atoms with Crippen LogP contribution in [0.25, 0.3) is 0 Å². The van der Waals surface area contributed by atoms with E-state index in [1.807, 2.05) is 0 Å². The van der Waals surface area contributed by atoms with Crippen molar-refractivity contribution in [2.75, 3.05) is 26.2 Å². The number of aliphatic hydroxyl groups is 1. The average molecular weight is 228 g/mol. The second-order valence-corrected chi connectivity index (χ2v) is 5.06. The molecular weight excluding hydrogens is 200 g/mol. The number of nitrogens with one attached hydrogen (secondary N) is 1. The molecule has 2 N–H and O–H groups in total. The Morgan fingerprint density at radius 1 is 1.31 bits per heavy atom. The third-order valence-electron chi connectivity index (χ3n) is 3.83. The fourth-order valence-electron chi connectivity index (χ4n) is 2.54. The van der Waals surface area contributed by atoms with Crippen molar-refractivity contribution in [1.82, 2.24) is 10.2 Å². The van der Waals surface area contributed by atoms with Gasteiger partial charge in [0.1, 0.15) is 0 Å². The van der Waals surface area contributed by atoms with E-state index < -0.39 is 5.60 Å². The van der Waals surface area contributed by atoms with E-state index in [2.05, 4.69) is 31.0 Å². The first-order chi connectivity index (χ1) is 7.63. The Morgan fingerprint density at radius 2 is 2.00 bits per heavy atom. The van der Waals surface area contributed by atoms with Gasteiger partial charge in [-0.1, -0.05) is 20.8 Å². The average Bonchev–Trinajstić information content (AvgIpc) is 2.30. The van der Waals surface area contributed by atoms with Gasteiger partial charge in [0.2, 0.25) is 0 Å². The smallest absolute Gasteiger partial charge is 0.0768 e. The predicted molar refractivity (Wildman–Crippen MR) is 68.7 cm³/mol. The Kier molecular flexibility index (Phi) is 5.73. The van der Waals surface area contributed by atoms with Crippen LogP contribution in [0, 0.1) is 0 Å². The molecule has 0 aromatic heterocycles. The lowest BCUT2D eigenvalue weighted by molar-refractivity contribution is -0.0108. The van der Waals surface area contributed by atoms with Crippen LogP contribution in [0.2, 0.25) is 0 Å². The monoisotopic (exact) mass is 228 g/mol. The van der Waals surface area contributed by atoms with Crippen molar-refractivity contribution in [3.63, 3.8) is 0 Å². The van der Waals surface area contributed by atoms with Gasteiger partial charge in [-0.25, -0.2) is 0 Å². The number of hydrogen-bond acceptors (Lipinski definition) is 3. The summed E-state index contributed by atoms with van der Waals surface area (Å²) in [7, 11) is 0. The fourth-order valence-corrected chi connectivity index (χ4v) is 2.54. The van der Waals surface area contributed by atoms with Gasteiger partial charge in [-0.3, -0.25) is 4.90 Å². The van der Waals surface area contributed by atoms with Crippen LogP contribution in [0.1, 0.15) is 46.5 Å². The van der Waals surface area contributed by atoms with Crippen molar-refractivity contribution in [1.29, 1.82) is 0 Å². The molecule has 1 aliphatic heterocycles. The molecular formula is C13H28N2O. The summed E-state index contributed by atoms with van der Waals surface area (Å²) < 4.78 is 0. The van der Waals surface area contributed by atoms with Gasteiger partial charge in [-0.05, 0) is 38.8 Å². The van der Waals surface area contributed by atoms with Crippen LogP contribution in [-0.2, 0) is 0 Å². The van der Waals surface area contributed by atoms with E-state index in [9.17, 15) is 5.11 Å². The normalized spacial score (nSPS) is 23.6. The fraction of sp³-hybridized carbons (Fsp3) is 1.00. The molecule has 0 radical (unpaired) electrons. The highest BCUT2D eigenvalue weighted by Crippen LogP contribution is 2.19. The standard InChI is InChI=1S/C13H28N2O/c1-4-13(16,5-2)11-15-9-7-8-12(10-15)14-6-3/h12,14,16H,4-11H2,1-3H3. The van der Waals surface area contributed by atoms with Gasteiger partial charge in [0.05, 0.1) is 5.60 Å². The maximum Gasteiger partial charge on any atom is 0.0768 e. The van der Waals surface area contributed by atoms with Crippen molar-refractivity contribution in [2.24, 2.45) is 0 Å². The molecule has 0 amide bonds. The summed E-state index contributed by atoms with van der Waals surface area (Å²) >= 11 is 0. The molecule has 1 rings (SSSR count). The molecule has 0 bridgehead atoms. The maximum atomic E-state index is 10.3. The van der Waals surface area contributed by atoms with Crippen LogP contribution in [0.15, 0.2) is 0 Å². The van der Waals surface area contributed by atoms with Gasteiger partial charge in [0.15, 0.2) is 0 Å². The van der Waals surface area contributed by atoms with E-state index in [1.165, 1.54) is 12.8 Å². The van der Waals surface area contributed by atoms with Crippen molar-refractivity contribution >= 4 is 0 Å². The van der Waals surface area contributed by atoms with Gasteiger partial charge >= 0.3 is 0 Å². The van der Waals surface area contributed by atoms with Crippen LogP contribution in [0.5, 0.6) is 0 Å². The Morgan fingerprint density at radius 3 is 2.56 bits per heavy atom. The second-order valence-electron chi connectivity index (χ2n) is 5.06. The number of likely N-dealkylation sites (N-methyl/N-ethyl adjacent to an activating group) is 1. The molecule has 0 aromatic carbocycles. The second kappa shape index (κ2) is 6.58. The summed E-state index contributed by atoms with van der Waals surface area (Å²) in [4.78, 5) is 2.42. The summed E-state index contributed by atoms with van der Waals surface area (Å²) in [5, 5.41) is 13.8. The van der Waals surface area contributed by atoms with Gasteiger partial charge in [0, 0.05) is 19.1 Å². The molecule has 0 aliphatic carbocycles. The molecule has 1 saturated heterocycles. The minimum absolute atomic E-state index is 0.478. The molecule has 96 valence electrons. The number of likely N-dealkylation sites (tertiary alicyclic amines) is 1. The molecule has 0 spiro atoms. The molecule has 3 nitrogen and oxygen atoms in total. The van der Waals surface area contributed by atoms with E-state index in [-0.39, 0.29) is 0 Å². The van der Waals surface area contributed by atoms with Gasteiger partial charge in [-0.2, -0.15) is 0 Å². The third-order valence-corrected chi connectivity index (χ3v) is 3.83. The highest BCUT2D eigenvalue weighted by atomic mass is 16.3. The lowest BCUT2D eigenvalue weighted by Crippen LogP contribution is -2.51. The number of rotatable bonds is 6. The molecule has 1 heterocycles. The van der Waals surface area contributed by atoms with E-state index >= 15 is 0 Å². The largest absolute Gasteiger partial charge is 0.389 e. The topological polar surface area (TPSA) is 35.5 Å². The zero-order chi connectivity index (χ0) is 12.0. The highest BCUT2D eigenvalue weighted by Gasteiger charge is 2.28. The molecule has 1 aliphatic rings. The lowest BCUT2D eigenvalue weighted by Gasteiger charge is -2.38. The Balaban J connectivity index is 2.41. The molecule has 1 unspecified atom stereocenters. The number of hydrogen-bond donors (Lipinski definition) is 2. The number of piperidine rings is 1. The van der Waals surface area contributed by atoms with Gasteiger partial charge in [0.25, 0.3) is 0 Å². The molecule has 3 heteroatoms. The highest BCUT2D eigenvalue weighted by molar-refractivity contribution is 4.84. The minimum atomic E-state index is -0.478. The van der Waals surface area contributed by atoms with Crippen LogP contribution >= 0.6 is 0 Å². The molecule has 1 fully saturated rings. The third kappa shape index (κ3) is 4.04. The zero-order valence-corrected chi connectivity index (χ0v) is 11.1. The van der Waals surface area contributed by atoms with E-state index in [1.54, 1.807) is 0 Å². The summed E-state index contributed by atoms with van der Waals surface area (Å²) in [5.74, 6) is 0. The lowest BCUT2D eigenvalue weighted by atomic mass is 9.95.